The second-order valence-electron chi connectivity index (χ2n) is 11.3. The van der Waals surface area contributed by atoms with E-state index >= 15 is 0 Å². The number of aryl methyl sites for hydroxylation is 1. The maximum Gasteiger partial charge on any atom is 0.329 e. The Morgan fingerprint density at radius 1 is 1.14 bits per heavy atom. The third-order valence-corrected chi connectivity index (χ3v) is 7.91. The number of hydrogen-bond acceptors (Lipinski definition) is 5. The van der Waals surface area contributed by atoms with E-state index < -0.39 is 17.6 Å². The number of likely N-dealkylation sites (tertiary alicyclic amines) is 1. The number of nitrogens with zero attached hydrogens (tertiary/aromatic N) is 3. The highest BCUT2D eigenvalue weighted by Crippen LogP contribution is 2.54. The molecule has 0 bridgehead atoms. The molecule has 3 atom stereocenters. The van der Waals surface area contributed by atoms with Gasteiger partial charge in [-0.25, -0.2) is 9.78 Å². The van der Waals surface area contributed by atoms with Crippen LogP contribution in [0.1, 0.15) is 91.6 Å². The van der Waals surface area contributed by atoms with Gasteiger partial charge in [0.05, 0.1) is 6.04 Å². The fraction of sp³-hybridized carbons (Fsp3) is 0.448. The minimum Gasteiger partial charge on any atom is -0.479 e. The quantitative estimate of drug-likeness (QED) is 0.420. The Bertz CT molecular complexity index is 1230. The number of amides is 1. The molecule has 3 aromatic rings. The summed E-state index contributed by atoms with van der Waals surface area (Å²) >= 11 is 1.45. The maximum atomic E-state index is 14.3. The van der Waals surface area contributed by atoms with Crippen LogP contribution >= 0.6 is 11.3 Å². The normalized spacial score (nSPS) is 22.2. The lowest BCUT2D eigenvalue weighted by molar-refractivity contribution is -0.150. The molecule has 4 rings (SSSR count). The van der Waals surface area contributed by atoms with E-state index in [4.69, 9.17) is 0 Å². The van der Waals surface area contributed by atoms with Gasteiger partial charge in [-0.1, -0.05) is 46.8 Å². The molecular weight excluding hydrogens is 470 g/mol. The number of carboxylic acids is 1. The van der Waals surface area contributed by atoms with Gasteiger partial charge in [0, 0.05) is 34.9 Å². The second-order valence-corrected chi connectivity index (χ2v) is 12.2. The topological polar surface area (TPSA) is 83.4 Å². The van der Waals surface area contributed by atoms with E-state index in [0.29, 0.717) is 12.0 Å². The molecule has 0 radical (unpaired) electrons. The zero-order valence-electron chi connectivity index (χ0n) is 21.9. The van der Waals surface area contributed by atoms with Crippen molar-refractivity contribution in [2.24, 2.45) is 5.92 Å². The van der Waals surface area contributed by atoms with Crippen LogP contribution in [-0.2, 0) is 10.2 Å². The first kappa shape index (κ1) is 26.0. The van der Waals surface area contributed by atoms with Crippen LogP contribution in [0, 0.1) is 12.8 Å². The van der Waals surface area contributed by atoms with E-state index in [1.807, 2.05) is 62.5 Å². The summed E-state index contributed by atoms with van der Waals surface area (Å²) in [7, 11) is 0. The standard InChI is InChI=1S/C29H35N3O3S/c1-18(2)16-29(27(34)35)17-22(23-15-19(3)11-12-30-23)24(25-31-13-14-36-25)32(29)26(33)20-7-9-21(10-8-20)28(4,5)6/h7-15,18,22,24H,16-17H2,1-6H3,(H,34,35)/t22-,24-,29+/m1/s1. The lowest BCUT2D eigenvalue weighted by atomic mass is 9.82. The Hall–Kier alpha value is -3.06. The largest absolute Gasteiger partial charge is 0.479 e. The number of carbonyl (C=O) groups is 2. The zero-order chi connectivity index (χ0) is 26.3. The van der Waals surface area contributed by atoms with Crippen molar-refractivity contribution in [1.82, 2.24) is 14.9 Å². The first-order chi connectivity index (χ1) is 16.9. The molecule has 190 valence electrons. The van der Waals surface area contributed by atoms with Crippen molar-refractivity contribution in [1.29, 1.82) is 0 Å². The molecule has 2 aromatic heterocycles. The molecule has 0 aliphatic carbocycles. The van der Waals surface area contributed by atoms with E-state index in [2.05, 4.69) is 30.7 Å². The molecular formula is C29H35N3O3S. The van der Waals surface area contributed by atoms with Crippen LogP contribution in [0.5, 0.6) is 0 Å². The average molecular weight is 506 g/mol. The third kappa shape index (κ3) is 4.81. The van der Waals surface area contributed by atoms with Gasteiger partial charge >= 0.3 is 5.97 Å². The van der Waals surface area contributed by atoms with E-state index in [1.54, 1.807) is 17.3 Å². The molecule has 6 nitrogen and oxygen atoms in total. The van der Waals surface area contributed by atoms with Gasteiger partial charge in [0.2, 0.25) is 0 Å². The van der Waals surface area contributed by atoms with Crippen molar-refractivity contribution in [3.05, 3.63) is 81.6 Å². The van der Waals surface area contributed by atoms with E-state index in [-0.39, 0.29) is 29.6 Å². The summed E-state index contributed by atoms with van der Waals surface area (Å²) in [5, 5.41) is 13.3. The van der Waals surface area contributed by atoms with Gasteiger partial charge in [-0.3, -0.25) is 9.78 Å². The molecule has 1 N–H and O–H groups in total. The molecule has 7 heteroatoms. The number of hydrogen-bond donors (Lipinski definition) is 1. The Morgan fingerprint density at radius 2 is 1.83 bits per heavy atom. The number of thiazole rings is 1. The summed E-state index contributed by atoms with van der Waals surface area (Å²) in [5.74, 6) is -1.48. The monoisotopic (exact) mass is 505 g/mol. The van der Waals surface area contributed by atoms with Crippen molar-refractivity contribution >= 4 is 23.2 Å². The molecule has 0 saturated carbocycles. The fourth-order valence-electron chi connectivity index (χ4n) is 5.42. The lowest BCUT2D eigenvalue weighted by Gasteiger charge is -2.38. The van der Waals surface area contributed by atoms with Crippen LogP contribution in [0.25, 0.3) is 0 Å². The van der Waals surface area contributed by atoms with Crippen molar-refractivity contribution in [3.63, 3.8) is 0 Å². The minimum absolute atomic E-state index is 0.0525. The molecule has 1 aromatic carbocycles. The Balaban J connectivity index is 1.90. The van der Waals surface area contributed by atoms with Crippen molar-refractivity contribution in [2.75, 3.05) is 0 Å². The number of carboxylic acid groups (broad SMARTS) is 1. The molecule has 0 unspecified atom stereocenters. The number of pyridine rings is 1. The number of benzene rings is 1. The first-order valence-corrected chi connectivity index (χ1v) is 13.3. The minimum atomic E-state index is -1.37. The maximum absolute atomic E-state index is 14.3. The van der Waals surface area contributed by atoms with Crippen LogP contribution < -0.4 is 0 Å². The van der Waals surface area contributed by atoms with E-state index in [9.17, 15) is 14.7 Å². The van der Waals surface area contributed by atoms with Crippen LogP contribution in [0.3, 0.4) is 0 Å². The van der Waals surface area contributed by atoms with Gasteiger partial charge in [0.1, 0.15) is 10.5 Å². The van der Waals surface area contributed by atoms with Crippen LogP contribution in [0.4, 0.5) is 0 Å². The Morgan fingerprint density at radius 3 is 2.36 bits per heavy atom. The molecule has 36 heavy (non-hydrogen) atoms. The van der Waals surface area contributed by atoms with E-state index in [1.165, 1.54) is 11.3 Å². The van der Waals surface area contributed by atoms with Gasteiger partial charge in [-0.05, 0) is 66.5 Å². The van der Waals surface area contributed by atoms with Gasteiger partial charge in [-0.15, -0.1) is 11.3 Å². The van der Waals surface area contributed by atoms with Gasteiger partial charge < -0.3 is 10.0 Å². The third-order valence-electron chi connectivity index (χ3n) is 7.06. The highest BCUT2D eigenvalue weighted by Gasteiger charge is 2.60. The Labute approximate surface area is 217 Å². The summed E-state index contributed by atoms with van der Waals surface area (Å²) in [6, 6.07) is 11.0. The zero-order valence-corrected chi connectivity index (χ0v) is 22.7. The first-order valence-electron chi connectivity index (χ1n) is 12.4. The molecule has 1 saturated heterocycles. The smallest absolute Gasteiger partial charge is 0.329 e. The SMILES string of the molecule is Cc1ccnc([C@H]2C[C@@](CC(C)C)(C(=O)O)N(C(=O)c3ccc(C(C)(C)C)cc3)[C@H]2c2nccs2)c1. The summed E-state index contributed by atoms with van der Waals surface area (Å²) in [4.78, 5) is 38.2. The van der Waals surface area contributed by atoms with Crippen LogP contribution in [0.15, 0.2) is 54.2 Å². The molecule has 0 spiro atoms. The molecule has 1 amide bonds. The van der Waals surface area contributed by atoms with Gasteiger partial charge in [0.25, 0.3) is 5.91 Å². The van der Waals surface area contributed by atoms with Crippen molar-refractivity contribution < 1.29 is 14.7 Å². The second kappa shape index (κ2) is 9.77. The highest BCUT2D eigenvalue weighted by atomic mass is 32.1. The predicted octanol–water partition coefficient (Wildman–Crippen LogP) is 6.38. The summed E-state index contributed by atoms with van der Waals surface area (Å²) in [5.41, 5.74) is 2.01. The fourth-order valence-corrected chi connectivity index (χ4v) is 6.21. The number of rotatable bonds is 6. The predicted molar refractivity (Wildman–Crippen MR) is 142 cm³/mol. The summed E-state index contributed by atoms with van der Waals surface area (Å²) in [6.07, 6.45) is 4.10. The number of aromatic nitrogens is 2. The van der Waals surface area contributed by atoms with Crippen LogP contribution in [0.2, 0.25) is 0 Å². The molecule has 1 aliphatic rings. The number of aliphatic carboxylic acids is 1. The van der Waals surface area contributed by atoms with Gasteiger partial charge in [0.15, 0.2) is 0 Å². The van der Waals surface area contributed by atoms with Crippen molar-refractivity contribution in [3.8, 4) is 0 Å². The molecule has 1 fully saturated rings. The van der Waals surface area contributed by atoms with Gasteiger partial charge in [-0.2, -0.15) is 0 Å². The van der Waals surface area contributed by atoms with E-state index in [0.717, 1.165) is 21.8 Å². The summed E-state index contributed by atoms with van der Waals surface area (Å²) < 4.78 is 0. The summed E-state index contributed by atoms with van der Waals surface area (Å²) in [6.45, 7) is 12.4. The lowest BCUT2D eigenvalue weighted by Crippen LogP contribution is -2.54. The average Bonchev–Trinajstić information content (AvgIpc) is 3.44. The van der Waals surface area contributed by atoms with Crippen LogP contribution in [-0.4, -0.2) is 37.4 Å². The molecule has 1 aliphatic heterocycles. The highest BCUT2D eigenvalue weighted by molar-refractivity contribution is 7.09. The Kier molecular flexibility index (Phi) is 7.06. The number of carbonyl (C=O) groups excluding carboxylic acids is 1. The molecule has 3 heterocycles. The van der Waals surface area contributed by atoms with Crippen molar-refractivity contribution in [2.45, 2.75) is 77.3 Å².